The third-order valence-electron chi connectivity index (χ3n) is 4.14. The van der Waals surface area contributed by atoms with Crippen LogP contribution in [0, 0.1) is 5.41 Å². The van der Waals surface area contributed by atoms with Gasteiger partial charge in [0.15, 0.2) is 0 Å². The van der Waals surface area contributed by atoms with Gasteiger partial charge in [-0.3, -0.25) is 4.90 Å². The molecule has 3 heteroatoms. The second-order valence-electron chi connectivity index (χ2n) is 4.99. The Balaban J connectivity index is 2.64. The van der Waals surface area contributed by atoms with E-state index in [9.17, 15) is 9.90 Å². The Kier molecular flexibility index (Phi) is 5.42. The van der Waals surface area contributed by atoms with Crippen molar-refractivity contribution in [2.24, 2.45) is 5.41 Å². The monoisotopic (exact) mass is 227 g/mol. The van der Waals surface area contributed by atoms with E-state index in [-0.39, 0.29) is 18.1 Å². The van der Waals surface area contributed by atoms with E-state index in [0.717, 1.165) is 38.6 Å². The highest BCUT2D eigenvalue weighted by Crippen LogP contribution is 2.28. The average molecular weight is 227 g/mol. The van der Waals surface area contributed by atoms with Crippen LogP contribution in [0.3, 0.4) is 0 Å². The van der Waals surface area contributed by atoms with E-state index < -0.39 is 0 Å². The van der Waals surface area contributed by atoms with Gasteiger partial charge in [-0.15, -0.1) is 0 Å². The second-order valence-corrected chi connectivity index (χ2v) is 4.99. The highest BCUT2D eigenvalue weighted by atomic mass is 16.3. The van der Waals surface area contributed by atoms with E-state index in [1.165, 1.54) is 12.8 Å². The van der Waals surface area contributed by atoms with Crippen molar-refractivity contribution in [3.05, 3.63) is 0 Å². The van der Waals surface area contributed by atoms with Gasteiger partial charge in [0, 0.05) is 18.0 Å². The number of rotatable bonds is 6. The summed E-state index contributed by atoms with van der Waals surface area (Å²) in [4.78, 5) is 13.6. The Labute approximate surface area is 98.8 Å². The number of aldehydes is 1. The van der Waals surface area contributed by atoms with Crippen LogP contribution in [0.15, 0.2) is 0 Å². The summed E-state index contributed by atoms with van der Waals surface area (Å²) in [5.74, 6) is 0. The first-order valence-corrected chi connectivity index (χ1v) is 6.52. The smallest absolute Gasteiger partial charge is 0.127 e. The van der Waals surface area contributed by atoms with Crippen LogP contribution in [0.5, 0.6) is 0 Å². The lowest BCUT2D eigenvalue weighted by Crippen LogP contribution is -2.48. The lowest BCUT2D eigenvalue weighted by atomic mass is 9.82. The van der Waals surface area contributed by atoms with Crippen molar-refractivity contribution in [1.82, 2.24) is 4.90 Å². The van der Waals surface area contributed by atoms with Crippen molar-refractivity contribution in [3.8, 4) is 0 Å². The number of likely N-dealkylation sites (tertiary alicyclic amines) is 1. The lowest BCUT2D eigenvalue weighted by Gasteiger charge is -2.40. The Bertz CT molecular complexity index is 214. The minimum Gasteiger partial charge on any atom is -0.395 e. The highest BCUT2D eigenvalue weighted by molar-refractivity contribution is 5.59. The molecular weight excluding hydrogens is 202 g/mol. The van der Waals surface area contributed by atoms with E-state index >= 15 is 0 Å². The molecular formula is C13H25NO2. The fourth-order valence-corrected chi connectivity index (χ4v) is 2.56. The average Bonchev–Trinajstić information content (AvgIpc) is 2.36. The zero-order valence-corrected chi connectivity index (χ0v) is 10.6. The van der Waals surface area contributed by atoms with Gasteiger partial charge in [0.1, 0.15) is 6.29 Å². The Morgan fingerprint density at radius 3 is 2.56 bits per heavy atom. The second kappa shape index (κ2) is 6.36. The van der Waals surface area contributed by atoms with E-state index in [0.29, 0.717) is 0 Å². The molecule has 1 heterocycles. The number of hydrogen-bond acceptors (Lipinski definition) is 3. The molecule has 1 atom stereocenters. The number of aliphatic hydroxyl groups excluding tert-OH is 1. The molecule has 0 bridgehead atoms. The first-order chi connectivity index (χ1) is 7.71. The Morgan fingerprint density at radius 2 is 2.06 bits per heavy atom. The predicted octanol–water partition coefficient (Wildman–Crippen LogP) is 1.84. The number of carbonyl (C=O) groups excluding carboxylic acids is 1. The maximum Gasteiger partial charge on any atom is 0.127 e. The van der Waals surface area contributed by atoms with E-state index in [1.807, 2.05) is 0 Å². The van der Waals surface area contributed by atoms with Crippen LogP contribution in [-0.4, -0.2) is 42.0 Å². The van der Waals surface area contributed by atoms with Crippen molar-refractivity contribution in [1.29, 1.82) is 0 Å². The number of carbonyl (C=O) groups is 1. The molecule has 1 saturated heterocycles. The summed E-state index contributed by atoms with van der Waals surface area (Å²) >= 11 is 0. The molecule has 0 aromatic rings. The molecule has 0 radical (unpaired) electrons. The number of hydrogen-bond donors (Lipinski definition) is 1. The minimum atomic E-state index is -0.204. The van der Waals surface area contributed by atoms with Crippen LogP contribution in [0.1, 0.15) is 46.0 Å². The van der Waals surface area contributed by atoms with Gasteiger partial charge >= 0.3 is 0 Å². The van der Waals surface area contributed by atoms with Crippen molar-refractivity contribution in [2.45, 2.75) is 52.0 Å². The van der Waals surface area contributed by atoms with Gasteiger partial charge in [-0.2, -0.15) is 0 Å². The SMILES string of the molecule is CCC(C=O)(CC)CN1CCCCC1CO. The number of nitrogens with zero attached hydrogens (tertiary/aromatic N) is 1. The molecule has 0 spiro atoms. The fraction of sp³-hybridized carbons (Fsp3) is 0.923. The van der Waals surface area contributed by atoms with E-state index in [2.05, 4.69) is 18.7 Å². The summed E-state index contributed by atoms with van der Waals surface area (Å²) in [5.41, 5.74) is -0.204. The molecule has 16 heavy (non-hydrogen) atoms. The molecule has 1 N–H and O–H groups in total. The molecule has 1 fully saturated rings. The van der Waals surface area contributed by atoms with Crippen LogP contribution in [-0.2, 0) is 4.79 Å². The number of aliphatic hydroxyl groups is 1. The fourth-order valence-electron chi connectivity index (χ4n) is 2.56. The van der Waals surface area contributed by atoms with Crippen molar-refractivity contribution in [3.63, 3.8) is 0 Å². The molecule has 0 aromatic heterocycles. The summed E-state index contributed by atoms with van der Waals surface area (Å²) in [6.45, 7) is 6.23. The van der Waals surface area contributed by atoms with Crippen LogP contribution in [0.25, 0.3) is 0 Å². The molecule has 0 aliphatic carbocycles. The molecule has 1 unspecified atom stereocenters. The largest absolute Gasteiger partial charge is 0.395 e. The first-order valence-electron chi connectivity index (χ1n) is 6.52. The van der Waals surface area contributed by atoms with Gasteiger partial charge in [0.05, 0.1) is 6.61 Å². The first kappa shape index (κ1) is 13.7. The van der Waals surface area contributed by atoms with Crippen LogP contribution < -0.4 is 0 Å². The summed E-state index contributed by atoms with van der Waals surface area (Å²) in [7, 11) is 0. The summed E-state index contributed by atoms with van der Waals surface area (Å²) < 4.78 is 0. The van der Waals surface area contributed by atoms with Crippen LogP contribution in [0.2, 0.25) is 0 Å². The topological polar surface area (TPSA) is 40.5 Å². The number of piperidine rings is 1. The maximum atomic E-state index is 11.3. The van der Waals surface area contributed by atoms with Crippen molar-refractivity contribution >= 4 is 6.29 Å². The molecule has 3 nitrogen and oxygen atoms in total. The Morgan fingerprint density at radius 1 is 1.38 bits per heavy atom. The molecule has 0 saturated carbocycles. The molecule has 94 valence electrons. The standard InChI is InChI=1S/C13H25NO2/c1-3-13(4-2,11-16)10-14-8-6-5-7-12(14)9-15/h11-12,15H,3-10H2,1-2H3. The zero-order valence-electron chi connectivity index (χ0n) is 10.6. The summed E-state index contributed by atoms with van der Waals surface area (Å²) in [5, 5.41) is 9.35. The normalized spacial score (nSPS) is 23.3. The van der Waals surface area contributed by atoms with Crippen LogP contribution in [0.4, 0.5) is 0 Å². The van der Waals surface area contributed by atoms with Crippen molar-refractivity contribution in [2.75, 3.05) is 19.7 Å². The van der Waals surface area contributed by atoms with Gasteiger partial charge < -0.3 is 9.90 Å². The summed E-state index contributed by atoms with van der Waals surface area (Å²) in [6.07, 6.45) is 6.37. The third-order valence-corrected chi connectivity index (χ3v) is 4.14. The molecule has 1 aliphatic heterocycles. The molecule has 1 aliphatic rings. The lowest BCUT2D eigenvalue weighted by molar-refractivity contribution is -0.118. The van der Waals surface area contributed by atoms with Gasteiger partial charge in [0.25, 0.3) is 0 Å². The quantitative estimate of drug-likeness (QED) is 0.704. The van der Waals surface area contributed by atoms with E-state index in [1.54, 1.807) is 0 Å². The highest BCUT2D eigenvalue weighted by Gasteiger charge is 2.32. The maximum absolute atomic E-state index is 11.3. The zero-order chi connectivity index (χ0) is 12.0. The predicted molar refractivity (Wildman–Crippen MR) is 65.4 cm³/mol. The third kappa shape index (κ3) is 3.05. The van der Waals surface area contributed by atoms with Gasteiger partial charge in [0.2, 0.25) is 0 Å². The molecule has 1 rings (SSSR count). The molecule has 0 aromatic carbocycles. The van der Waals surface area contributed by atoms with Gasteiger partial charge in [-0.05, 0) is 32.2 Å². The van der Waals surface area contributed by atoms with Crippen molar-refractivity contribution < 1.29 is 9.90 Å². The molecule has 0 amide bonds. The van der Waals surface area contributed by atoms with Crippen LogP contribution >= 0.6 is 0 Å². The Hall–Kier alpha value is -0.410. The van der Waals surface area contributed by atoms with Gasteiger partial charge in [-0.25, -0.2) is 0 Å². The summed E-state index contributed by atoms with van der Waals surface area (Å²) in [6, 6.07) is 0.270. The minimum absolute atomic E-state index is 0.204. The van der Waals surface area contributed by atoms with E-state index in [4.69, 9.17) is 0 Å². The van der Waals surface area contributed by atoms with Gasteiger partial charge in [-0.1, -0.05) is 20.3 Å².